The number of imidazole rings is 1. The average molecular weight is 422 g/mol. The highest BCUT2D eigenvalue weighted by Crippen LogP contribution is 2.20. The van der Waals surface area contributed by atoms with Crippen molar-refractivity contribution in [2.45, 2.75) is 12.8 Å². The molecule has 6 nitrogen and oxygen atoms in total. The van der Waals surface area contributed by atoms with Crippen LogP contribution in [0.1, 0.15) is 18.7 Å². The Morgan fingerprint density at radius 1 is 1.10 bits per heavy atom. The zero-order chi connectivity index (χ0) is 21.6. The molecule has 2 aromatic carbocycles. The molecule has 0 aliphatic carbocycles. The summed E-state index contributed by atoms with van der Waals surface area (Å²) in [6, 6.07) is 16.6. The molecule has 1 unspecified atom stereocenters. The number of H-pyrrole nitrogens is 1. The molecule has 4 rings (SSSR count). The fraction of sp³-hybridized carbons (Fsp3) is 0.333. The van der Waals surface area contributed by atoms with E-state index in [4.69, 9.17) is 0 Å². The molecule has 1 saturated heterocycles. The molecule has 0 radical (unpaired) electrons. The van der Waals surface area contributed by atoms with Crippen molar-refractivity contribution in [1.82, 2.24) is 20.2 Å². The fourth-order valence-corrected chi connectivity index (χ4v) is 3.82. The van der Waals surface area contributed by atoms with E-state index in [-0.39, 0.29) is 17.6 Å². The van der Waals surface area contributed by atoms with Crippen molar-refractivity contribution in [1.29, 1.82) is 0 Å². The van der Waals surface area contributed by atoms with E-state index >= 15 is 0 Å². The van der Waals surface area contributed by atoms with Crippen LogP contribution >= 0.6 is 0 Å². The topological polar surface area (TPSA) is 64.3 Å². The number of hydrogen-bond acceptors (Lipinski definition) is 4. The molecule has 1 aliphatic rings. The SMILES string of the molecule is CC(C(=O)NCCN1CCN(c2ccc(F)cc2)CC1)c1ncc(-c2ccccc2)[nH]1. The molecule has 0 bridgehead atoms. The number of halogens is 1. The molecule has 1 aromatic heterocycles. The van der Waals surface area contributed by atoms with Gasteiger partial charge in [0.1, 0.15) is 11.6 Å². The van der Waals surface area contributed by atoms with Gasteiger partial charge in [-0.25, -0.2) is 9.37 Å². The van der Waals surface area contributed by atoms with Crippen molar-refractivity contribution >= 4 is 11.6 Å². The second-order valence-corrected chi connectivity index (χ2v) is 7.87. The summed E-state index contributed by atoms with van der Waals surface area (Å²) in [5, 5.41) is 3.03. The lowest BCUT2D eigenvalue weighted by molar-refractivity contribution is -0.122. The Balaban J connectivity index is 1.21. The lowest BCUT2D eigenvalue weighted by atomic mass is 10.1. The number of carbonyl (C=O) groups excluding carboxylic acids is 1. The van der Waals surface area contributed by atoms with Crippen molar-refractivity contribution in [3.63, 3.8) is 0 Å². The highest BCUT2D eigenvalue weighted by molar-refractivity contribution is 5.82. The first-order valence-corrected chi connectivity index (χ1v) is 10.7. The number of piperazine rings is 1. The largest absolute Gasteiger partial charge is 0.369 e. The van der Waals surface area contributed by atoms with Crippen LogP contribution in [0.15, 0.2) is 60.8 Å². The molecule has 162 valence electrons. The third-order valence-corrected chi connectivity index (χ3v) is 5.78. The maximum Gasteiger partial charge on any atom is 0.230 e. The molecule has 1 fully saturated rings. The lowest BCUT2D eigenvalue weighted by Gasteiger charge is -2.36. The van der Waals surface area contributed by atoms with Crippen LogP contribution in [0.5, 0.6) is 0 Å². The van der Waals surface area contributed by atoms with E-state index < -0.39 is 0 Å². The molecule has 2 N–H and O–H groups in total. The number of amides is 1. The molecule has 31 heavy (non-hydrogen) atoms. The number of carbonyl (C=O) groups is 1. The summed E-state index contributed by atoms with van der Waals surface area (Å²) < 4.78 is 13.1. The van der Waals surface area contributed by atoms with Crippen LogP contribution in [0.4, 0.5) is 10.1 Å². The van der Waals surface area contributed by atoms with E-state index in [0.717, 1.165) is 49.7 Å². The summed E-state index contributed by atoms with van der Waals surface area (Å²) in [6.45, 7) is 6.90. The minimum absolute atomic E-state index is 0.0288. The molecule has 2 heterocycles. The van der Waals surface area contributed by atoms with Gasteiger partial charge >= 0.3 is 0 Å². The van der Waals surface area contributed by atoms with E-state index in [0.29, 0.717) is 12.4 Å². The quantitative estimate of drug-likeness (QED) is 0.615. The molecule has 1 aliphatic heterocycles. The summed E-state index contributed by atoms with van der Waals surface area (Å²) in [7, 11) is 0. The number of aromatic nitrogens is 2. The maximum atomic E-state index is 13.1. The van der Waals surface area contributed by atoms with E-state index in [9.17, 15) is 9.18 Å². The summed E-state index contributed by atoms with van der Waals surface area (Å²) in [6.07, 6.45) is 1.77. The van der Waals surface area contributed by atoms with Gasteiger partial charge in [-0.3, -0.25) is 9.69 Å². The van der Waals surface area contributed by atoms with Crippen LogP contribution in [0.25, 0.3) is 11.3 Å². The van der Waals surface area contributed by atoms with Crippen molar-refractivity contribution in [3.05, 3.63) is 72.4 Å². The molecular formula is C24H28FN5O. The van der Waals surface area contributed by atoms with Gasteiger partial charge < -0.3 is 15.2 Å². The predicted molar refractivity (Wildman–Crippen MR) is 121 cm³/mol. The van der Waals surface area contributed by atoms with Crippen LogP contribution in [0.3, 0.4) is 0 Å². The van der Waals surface area contributed by atoms with Gasteiger partial charge in [0.05, 0.1) is 17.8 Å². The first-order valence-electron chi connectivity index (χ1n) is 10.7. The predicted octanol–water partition coefficient (Wildman–Crippen LogP) is 3.26. The number of benzene rings is 2. The second-order valence-electron chi connectivity index (χ2n) is 7.87. The minimum Gasteiger partial charge on any atom is -0.369 e. The standard InChI is InChI=1S/C24H28FN5O/c1-18(23-27-17-22(28-23)19-5-3-2-4-6-19)24(31)26-11-12-29-13-15-30(16-14-29)21-9-7-20(25)8-10-21/h2-10,17-18H,11-16H2,1H3,(H,26,31)(H,27,28). The summed E-state index contributed by atoms with van der Waals surface area (Å²) in [5.41, 5.74) is 3.01. The Morgan fingerprint density at radius 2 is 1.81 bits per heavy atom. The highest BCUT2D eigenvalue weighted by Gasteiger charge is 2.20. The van der Waals surface area contributed by atoms with E-state index in [1.54, 1.807) is 6.20 Å². The average Bonchev–Trinajstić information content (AvgIpc) is 3.30. The van der Waals surface area contributed by atoms with E-state index in [2.05, 4.69) is 25.1 Å². The van der Waals surface area contributed by atoms with Gasteiger partial charge in [0.25, 0.3) is 0 Å². The smallest absolute Gasteiger partial charge is 0.230 e. The zero-order valence-corrected chi connectivity index (χ0v) is 17.7. The van der Waals surface area contributed by atoms with Gasteiger partial charge in [0.2, 0.25) is 5.91 Å². The van der Waals surface area contributed by atoms with Crippen LogP contribution in [-0.2, 0) is 4.79 Å². The molecule has 0 saturated carbocycles. The van der Waals surface area contributed by atoms with Crippen LogP contribution in [0, 0.1) is 5.82 Å². The van der Waals surface area contributed by atoms with E-state index in [1.165, 1.54) is 12.1 Å². The minimum atomic E-state index is -0.340. The van der Waals surface area contributed by atoms with Crippen LogP contribution < -0.4 is 10.2 Å². The van der Waals surface area contributed by atoms with Gasteiger partial charge in [-0.05, 0) is 36.8 Å². The normalized spacial score (nSPS) is 15.6. The van der Waals surface area contributed by atoms with Crippen LogP contribution in [-0.4, -0.2) is 60.0 Å². The molecule has 3 aromatic rings. The van der Waals surface area contributed by atoms with Crippen molar-refractivity contribution in [2.75, 3.05) is 44.2 Å². The Hall–Kier alpha value is -3.19. The first-order chi connectivity index (χ1) is 15.1. The van der Waals surface area contributed by atoms with E-state index in [1.807, 2.05) is 49.4 Å². The number of anilines is 1. The van der Waals surface area contributed by atoms with Crippen molar-refractivity contribution < 1.29 is 9.18 Å². The zero-order valence-electron chi connectivity index (χ0n) is 17.7. The number of hydrogen-bond donors (Lipinski definition) is 2. The molecule has 7 heteroatoms. The lowest BCUT2D eigenvalue weighted by Crippen LogP contribution is -2.48. The van der Waals surface area contributed by atoms with Gasteiger partial charge in [-0.15, -0.1) is 0 Å². The Kier molecular flexibility index (Phi) is 6.62. The summed E-state index contributed by atoms with van der Waals surface area (Å²) >= 11 is 0. The first kappa shape index (κ1) is 21.1. The van der Waals surface area contributed by atoms with Crippen molar-refractivity contribution in [3.8, 4) is 11.3 Å². The van der Waals surface area contributed by atoms with Gasteiger partial charge in [-0.2, -0.15) is 0 Å². The van der Waals surface area contributed by atoms with Crippen LogP contribution in [0.2, 0.25) is 0 Å². The molecular weight excluding hydrogens is 393 g/mol. The number of aromatic amines is 1. The Morgan fingerprint density at radius 3 is 2.52 bits per heavy atom. The third kappa shape index (κ3) is 5.30. The number of nitrogens with one attached hydrogen (secondary N) is 2. The highest BCUT2D eigenvalue weighted by atomic mass is 19.1. The Labute approximate surface area is 182 Å². The fourth-order valence-electron chi connectivity index (χ4n) is 3.82. The molecule has 1 atom stereocenters. The summed E-state index contributed by atoms with van der Waals surface area (Å²) in [5.74, 6) is 0.0918. The van der Waals surface area contributed by atoms with Gasteiger partial charge in [-0.1, -0.05) is 30.3 Å². The second kappa shape index (κ2) is 9.75. The van der Waals surface area contributed by atoms with Gasteiger partial charge in [0, 0.05) is 45.0 Å². The maximum absolute atomic E-state index is 13.1. The Bertz CT molecular complexity index is 981. The van der Waals surface area contributed by atoms with Gasteiger partial charge in [0.15, 0.2) is 0 Å². The molecule has 0 spiro atoms. The number of rotatable bonds is 7. The monoisotopic (exact) mass is 421 g/mol. The third-order valence-electron chi connectivity index (χ3n) is 5.78. The summed E-state index contributed by atoms with van der Waals surface area (Å²) in [4.78, 5) is 24.8. The number of nitrogens with zero attached hydrogens (tertiary/aromatic N) is 3. The van der Waals surface area contributed by atoms with Crippen molar-refractivity contribution in [2.24, 2.45) is 0 Å². The molecule has 1 amide bonds.